The number of phenolic OH excluding ortho intramolecular Hbond substituents is 1. The predicted octanol–water partition coefficient (Wildman–Crippen LogP) is 4.18. The second kappa shape index (κ2) is 10.1. The van der Waals surface area contributed by atoms with E-state index in [0.717, 1.165) is 24.3 Å². The number of phenols is 1. The summed E-state index contributed by atoms with van der Waals surface area (Å²) < 4.78 is 5.13. The third-order valence-electron chi connectivity index (χ3n) is 4.02. The van der Waals surface area contributed by atoms with Gasteiger partial charge in [0.25, 0.3) is 0 Å². The van der Waals surface area contributed by atoms with E-state index >= 15 is 0 Å². The van der Waals surface area contributed by atoms with Crippen LogP contribution in [0.15, 0.2) is 54.6 Å². The number of amides is 1. The van der Waals surface area contributed by atoms with Gasteiger partial charge in [-0.3, -0.25) is 0 Å². The molecule has 1 amide bonds. The predicted molar refractivity (Wildman–Crippen MR) is 105 cm³/mol. The molecule has 0 saturated carbocycles. The molecule has 0 bridgehead atoms. The number of carbonyl (C=O) groups is 1. The fraction of sp³-hybridized carbons (Fsp3) is 0.286. The van der Waals surface area contributed by atoms with Crippen molar-refractivity contribution in [3.63, 3.8) is 0 Å². The Balaban J connectivity index is 1.80. The average molecular weight is 354 g/mol. The maximum Gasteiger partial charge on any atom is 0.407 e. The van der Waals surface area contributed by atoms with E-state index in [4.69, 9.17) is 4.74 Å². The van der Waals surface area contributed by atoms with Crippen molar-refractivity contribution in [1.82, 2.24) is 5.32 Å². The topological polar surface area (TPSA) is 61.8 Å². The molecule has 0 radical (unpaired) electrons. The first-order valence-corrected chi connectivity index (χ1v) is 8.83. The lowest BCUT2D eigenvalue weighted by atomic mass is 10.1. The van der Waals surface area contributed by atoms with Crippen molar-refractivity contribution < 1.29 is 14.6 Å². The second-order valence-corrected chi connectivity index (χ2v) is 5.76. The van der Waals surface area contributed by atoms with Crippen LogP contribution in [0.4, 0.5) is 10.5 Å². The third-order valence-corrected chi connectivity index (χ3v) is 4.02. The van der Waals surface area contributed by atoms with Crippen LogP contribution in [0.5, 0.6) is 5.75 Å². The number of nitrogens with one attached hydrogen (secondary N) is 1. The van der Waals surface area contributed by atoms with E-state index in [0.29, 0.717) is 12.1 Å². The Morgan fingerprint density at radius 3 is 2.54 bits per heavy atom. The molecule has 0 aromatic heterocycles. The number of hydrogen-bond donors (Lipinski definition) is 2. The first-order valence-electron chi connectivity index (χ1n) is 8.83. The lowest BCUT2D eigenvalue weighted by Crippen LogP contribution is -2.24. The quantitative estimate of drug-likeness (QED) is 0.747. The van der Waals surface area contributed by atoms with Gasteiger partial charge >= 0.3 is 6.09 Å². The van der Waals surface area contributed by atoms with Crippen molar-refractivity contribution >= 4 is 17.9 Å². The van der Waals surface area contributed by atoms with Crippen molar-refractivity contribution in [2.24, 2.45) is 0 Å². The lowest BCUT2D eigenvalue weighted by molar-refractivity contribution is 0.141. The molecule has 5 nitrogen and oxygen atoms in total. The fourth-order valence-electron chi connectivity index (χ4n) is 2.56. The molecular formula is C21H26N2O3. The van der Waals surface area contributed by atoms with Crippen molar-refractivity contribution in [2.75, 3.05) is 24.5 Å². The smallest absolute Gasteiger partial charge is 0.407 e. The number of ether oxygens (including phenoxy) is 1. The van der Waals surface area contributed by atoms with E-state index in [1.165, 1.54) is 0 Å². The van der Waals surface area contributed by atoms with Crippen molar-refractivity contribution in [3.05, 3.63) is 65.7 Å². The molecule has 2 N–H and O–H groups in total. The molecule has 26 heavy (non-hydrogen) atoms. The van der Waals surface area contributed by atoms with Gasteiger partial charge in [-0.15, -0.1) is 0 Å². The molecule has 2 aromatic carbocycles. The molecule has 0 atom stereocenters. The van der Waals surface area contributed by atoms with E-state index in [1.807, 2.05) is 42.5 Å². The molecule has 0 aliphatic rings. The Morgan fingerprint density at radius 2 is 1.88 bits per heavy atom. The van der Waals surface area contributed by atoms with Gasteiger partial charge in [0.15, 0.2) is 0 Å². The minimum Gasteiger partial charge on any atom is -0.507 e. The standard InChI is InChI=1S/C21H26N2O3/c1-3-23(4-2)19-13-12-18(20(24)15-19)11-8-14-22-21(25)26-16-17-9-6-5-7-10-17/h5-13,15,24H,3-4,14,16H2,1-2H3,(H,22,25). The molecule has 138 valence electrons. The van der Waals surface area contributed by atoms with E-state index in [1.54, 1.807) is 18.2 Å². The number of nitrogens with zero attached hydrogens (tertiary/aromatic N) is 1. The van der Waals surface area contributed by atoms with Gasteiger partial charge in [-0.05, 0) is 31.5 Å². The Morgan fingerprint density at radius 1 is 1.15 bits per heavy atom. The monoisotopic (exact) mass is 354 g/mol. The molecule has 0 heterocycles. The summed E-state index contributed by atoms with van der Waals surface area (Å²) in [6.45, 7) is 6.50. The highest BCUT2D eigenvalue weighted by atomic mass is 16.5. The SMILES string of the molecule is CCN(CC)c1ccc(C=CCNC(=O)OCc2ccccc2)c(O)c1. The Bertz CT molecular complexity index is 725. The van der Waals surface area contributed by atoms with Crippen molar-refractivity contribution in [2.45, 2.75) is 20.5 Å². The zero-order chi connectivity index (χ0) is 18.8. The maximum atomic E-state index is 11.7. The van der Waals surface area contributed by atoms with Gasteiger partial charge in [-0.25, -0.2) is 4.79 Å². The molecule has 0 spiro atoms. The minimum absolute atomic E-state index is 0.220. The number of carbonyl (C=O) groups excluding carboxylic acids is 1. The largest absolute Gasteiger partial charge is 0.507 e. The van der Waals surface area contributed by atoms with E-state index in [9.17, 15) is 9.90 Å². The summed E-state index contributed by atoms with van der Waals surface area (Å²) in [7, 11) is 0. The third kappa shape index (κ3) is 5.84. The summed E-state index contributed by atoms with van der Waals surface area (Å²) in [5, 5.41) is 12.8. The molecule has 0 saturated heterocycles. The van der Waals surface area contributed by atoms with Crippen LogP contribution in [0, 0.1) is 0 Å². The minimum atomic E-state index is -0.473. The summed E-state index contributed by atoms with van der Waals surface area (Å²) in [5.74, 6) is 0.220. The van der Waals surface area contributed by atoms with Crippen LogP contribution >= 0.6 is 0 Å². The molecular weight excluding hydrogens is 328 g/mol. The second-order valence-electron chi connectivity index (χ2n) is 5.76. The van der Waals surface area contributed by atoms with Gasteiger partial charge in [0.05, 0.1) is 0 Å². The zero-order valence-corrected chi connectivity index (χ0v) is 15.3. The van der Waals surface area contributed by atoms with Gasteiger partial charge in [-0.2, -0.15) is 0 Å². The van der Waals surface area contributed by atoms with Gasteiger partial charge in [-0.1, -0.05) is 42.5 Å². The highest BCUT2D eigenvalue weighted by Gasteiger charge is 2.05. The summed E-state index contributed by atoms with van der Waals surface area (Å²) >= 11 is 0. The molecule has 0 aliphatic carbocycles. The molecule has 0 fully saturated rings. The van der Waals surface area contributed by atoms with Gasteiger partial charge in [0.2, 0.25) is 0 Å². The molecule has 2 aromatic rings. The molecule has 0 aliphatic heterocycles. The van der Waals surface area contributed by atoms with E-state index in [2.05, 4.69) is 24.1 Å². The summed E-state index contributed by atoms with van der Waals surface area (Å²) in [4.78, 5) is 13.8. The van der Waals surface area contributed by atoms with E-state index < -0.39 is 6.09 Å². The maximum absolute atomic E-state index is 11.7. The van der Waals surface area contributed by atoms with Crippen LogP contribution in [-0.2, 0) is 11.3 Å². The number of benzene rings is 2. The van der Waals surface area contributed by atoms with Gasteiger partial charge in [0, 0.05) is 37.0 Å². The molecule has 5 heteroatoms. The normalized spacial score (nSPS) is 10.7. The van der Waals surface area contributed by atoms with Crippen LogP contribution in [0.2, 0.25) is 0 Å². The molecule has 0 unspecified atom stereocenters. The lowest BCUT2D eigenvalue weighted by Gasteiger charge is -2.21. The van der Waals surface area contributed by atoms with Crippen LogP contribution in [0.25, 0.3) is 6.08 Å². The van der Waals surface area contributed by atoms with Crippen molar-refractivity contribution in [1.29, 1.82) is 0 Å². The Kier molecular flexibility index (Phi) is 7.55. The number of rotatable bonds is 8. The Labute approximate surface area is 154 Å². The Hall–Kier alpha value is -2.95. The van der Waals surface area contributed by atoms with Crippen molar-refractivity contribution in [3.8, 4) is 5.75 Å². The fourth-order valence-corrected chi connectivity index (χ4v) is 2.56. The first kappa shape index (κ1) is 19.4. The van der Waals surface area contributed by atoms with E-state index in [-0.39, 0.29) is 12.4 Å². The highest BCUT2D eigenvalue weighted by Crippen LogP contribution is 2.25. The first-order chi connectivity index (χ1) is 12.6. The number of alkyl carbamates (subject to hydrolysis) is 1. The van der Waals surface area contributed by atoms with Gasteiger partial charge in [0.1, 0.15) is 12.4 Å². The number of aromatic hydroxyl groups is 1. The van der Waals surface area contributed by atoms with Gasteiger partial charge < -0.3 is 20.1 Å². The molecule has 2 rings (SSSR count). The zero-order valence-electron chi connectivity index (χ0n) is 15.3. The highest BCUT2D eigenvalue weighted by molar-refractivity contribution is 5.68. The number of hydrogen-bond acceptors (Lipinski definition) is 4. The van der Waals surface area contributed by atoms with Crippen LogP contribution in [0.3, 0.4) is 0 Å². The summed E-state index contributed by atoms with van der Waals surface area (Å²) in [6, 6.07) is 15.1. The number of anilines is 1. The van der Waals surface area contributed by atoms with Crippen LogP contribution < -0.4 is 10.2 Å². The summed E-state index contributed by atoms with van der Waals surface area (Å²) in [5.41, 5.74) is 2.64. The van der Waals surface area contributed by atoms with Crippen LogP contribution in [-0.4, -0.2) is 30.8 Å². The summed E-state index contributed by atoms with van der Waals surface area (Å²) in [6.07, 6.45) is 3.08. The van der Waals surface area contributed by atoms with Crippen LogP contribution in [0.1, 0.15) is 25.0 Å². The average Bonchev–Trinajstić information content (AvgIpc) is 2.66.